The number of aliphatic hydroxyl groups excluding tert-OH is 2. The lowest BCUT2D eigenvalue weighted by Crippen LogP contribution is -2.41. The van der Waals surface area contributed by atoms with Crippen LogP contribution in [0.5, 0.6) is 0 Å². The molecule has 2 aliphatic rings. The van der Waals surface area contributed by atoms with Gasteiger partial charge in [0.1, 0.15) is 6.10 Å². The van der Waals surface area contributed by atoms with E-state index in [0.29, 0.717) is 29.1 Å². The Labute approximate surface area is 183 Å². The summed E-state index contributed by atoms with van der Waals surface area (Å²) < 4.78 is 1.72. The Hall–Kier alpha value is -3.68. The third kappa shape index (κ3) is 2.82. The number of benzene rings is 1. The topological polar surface area (TPSA) is 151 Å². The highest BCUT2D eigenvalue weighted by molar-refractivity contribution is 5.88. The SMILES string of the molecule is CNC(=O)[C@@]12C[C@@H]1[C@@H](n1cnc3c(NC)nc(C#Cc4cccc(N)c4)nc31)[C@H](O)[C@@H]2O. The lowest BCUT2D eigenvalue weighted by molar-refractivity contribution is -0.132. The van der Waals surface area contributed by atoms with Crippen LogP contribution < -0.4 is 16.4 Å². The minimum atomic E-state index is -1.16. The molecule has 2 aromatic heterocycles. The molecule has 0 radical (unpaired) electrons. The molecule has 2 fully saturated rings. The number of nitrogens with one attached hydrogen (secondary N) is 2. The highest BCUT2D eigenvalue weighted by atomic mass is 16.3. The molecule has 6 N–H and O–H groups in total. The van der Waals surface area contributed by atoms with E-state index < -0.39 is 23.7 Å². The number of carbonyl (C=O) groups excluding carboxylic acids is 1. The second-order valence-electron chi connectivity index (χ2n) is 8.20. The monoisotopic (exact) mass is 433 g/mol. The molecule has 2 heterocycles. The van der Waals surface area contributed by atoms with Gasteiger partial charge in [0.25, 0.3) is 0 Å². The number of nitrogen functional groups attached to an aromatic ring is 1. The summed E-state index contributed by atoms with van der Waals surface area (Å²) in [5.74, 6) is 6.24. The first-order valence-electron chi connectivity index (χ1n) is 10.3. The van der Waals surface area contributed by atoms with Crippen molar-refractivity contribution in [2.24, 2.45) is 11.3 Å². The molecule has 0 unspecified atom stereocenters. The van der Waals surface area contributed by atoms with E-state index in [0.717, 1.165) is 5.56 Å². The number of imidazole rings is 1. The van der Waals surface area contributed by atoms with Gasteiger partial charge in [0.15, 0.2) is 17.0 Å². The summed E-state index contributed by atoms with van der Waals surface area (Å²) in [6, 6.07) is 6.66. The molecule has 5 rings (SSSR count). The van der Waals surface area contributed by atoms with Crippen molar-refractivity contribution in [1.82, 2.24) is 24.8 Å². The van der Waals surface area contributed by atoms with Crippen LogP contribution in [-0.4, -0.2) is 61.9 Å². The summed E-state index contributed by atoms with van der Waals surface area (Å²) >= 11 is 0. The van der Waals surface area contributed by atoms with Crippen molar-refractivity contribution < 1.29 is 15.0 Å². The van der Waals surface area contributed by atoms with E-state index >= 15 is 0 Å². The predicted octanol–water partition coefficient (Wildman–Crippen LogP) is -0.121. The van der Waals surface area contributed by atoms with Gasteiger partial charge in [-0.3, -0.25) is 4.79 Å². The molecule has 1 amide bonds. The van der Waals surface area contributed by atoms with E-state index in [1.165, 1.54) is 7.05 Å². The third-order valence-corrected chi connectivity index (χ3v) is 6.51. The van der Waals surface area contributed by atoms with Crippen molar-refractivity contribution >= 4 is 28.6 Å². The van der Waals surface area contributed by atoms with E-state index in [1.54, 1.807) is 30.1 Å². The fourth-order valence-electron chi connectivity index (χ4n) is 4.90. The van der Waals surface area contributed by atoms with Crippen molar-refractivity contribution in [2.45, 2.75) is 24.7 Å². The molecule has 1 aromatic carbocycles. The normalized spacial score (nSPS) is 28.0. The lowest BCUT2D eigenvalue weighted by Gasteiger charge is -2.23. The maximum Gasteiger partial charge on any atom is 0.229 e. The van der Waals surface area contributed by atoms with E-state index in [1.807, 2.05) is 12.1 Å². The number of rotatable bonds is 3. The molecule has 2 aliphatic carbocycles. The number of amides is 1. The standard InChI is InChI=1S/C22H23N7O3/c1-24-19-15-20(28-14(27-19)7-6-11-4-3-5-12(23)8-11)29(10-26-15)16-13-9-22(13,21(32)25-2)18(31)17(16)30/h3-5,8,10,13,16-18,30-31H,9,23H2,1-2H3,(H,25,32)(H,24,27,28)/t13-,16-,17+,18+,22+/m1/s1. The molecule has 3 aromatic rings. The average molecular weight is 433 g/mol. The van der Waals surface area contributed by atoms with Crippen molar-refractivity contribution in [3.05, 3.63) is 42.0 Å². The van der Waals surface area contributed by atoms with Crippen LogP contribution >= 0.6 is 0 Å². The Morgan fingerprint density at radius 2 is 2.09 bits per heavy atom. The van der Waals surface area contributed by atoms with Gasteiger partial charge in [-0.1, -0.05) is 12.0 Å². The van der Waals surface area contributed by atoms with Crippen LogP contribution in [0.2, 0.25) is 0 Å². The maximum absolute atomic E-state index is 12.4. The quantitative estimate of drug-likeness (QED) is 0.283. The molecule has 164 valence electrons. The maximum atomic E-state index is 12.4. The molecule has 0 aliphatic heterocycles. The number of hydrogen-bond acceptors (Lipinski definition) is 8. The van der Waals surface area contributed by atoms with Crippen LogP contribution in [-0.2, 0) is 4.79 Å². The number of nitrogens with two attached hydrogens (primary N) is 1. The molecule has 0 spiro atoms. The number of hydrogen-bond donors (Lipinski definition) is 5. The van der Waals surface area contributed by atoms with Gasteiger partial charge in [0, 0.05) is 31.3 Å². The van der Waals surface area contributed by atoms with E-state index in [4.69, 9.17) is 5.73 Å². The average Bonchev–Trinajstić information content (AvgIpc) is 3.33. The highest BCUT2D eigenvalue weighted by Crippen LogP contribution is 2.67. The van der Waals surface area contributed by atoms with Crippen LogP contribution in [0.3, 0.4) is 0 Å². The van der Waals surface area contributed by atoms with Crippen molar-refractivity contribution in [2.75, 3.05) is 25.1 Å². The Bertz CT molecular complexity index is 1290. The highest BCUT2D eigenvalue weighted by Gasteiger charge is 2.75. The van der Waals surface area contributed by atoms with Gasteiger partial charge >= 0.3 is 0 Å². The largest absolute Gasteiger partial charge is 0.399 e. The Morgan fingerprint density at radius 1 is 1.28 bits per heavy atom. The lowest BCUT2D eigenvalue weighted by atomic mass is 9.98. The van der Waals surface area contributed by atoms with Crippen LogP contribution in [0.15, 0.2) is 30.6 Å². The number of carbonyl (C=O) groups is 1. The summed E-state index contributed by atoms with van der Waals surface area (Å²) in [6.07, 6.45) is -0.239. The van der Waals surface area contributed by atoms with Crippen LogP contribution in [0.25, 0.3) is 11.2 Å². The number of aliphatic hydroxyl groups is 2. The number of fused-ring (bicyclic) bond motifs is 2. The number of anilines is 2. The van der Waals surface area contributed by atoms with Gasteiger partial charge in [-0.2, -0.15) is 0 Å². The fraction of sp³-hybridized carbons (Fsp3) is 0.364. The first kappa shape index (κ1) is 20.2. The van der Waals surface area contributed by atoms with Crippen LogP contribution in [0.4, 0.5) is 11.5 Å². The van der Waals surface area contributed by atoms with Crippen molar-refractivity contribution in [3.8, 4) is 11.8 Å². The summed E-state index contributed by atoms with van der Waals surface area (Å²) in [5.41, 5.74) is 7.16. The molecule has 0 bridgehead atoms. The van der Waals surface area contributed by atoms with Gasteiger partial charge in [-0.05, 0) is 30.5 Å². The molecule has 5 atom stereocenters. The van der Waals surface area contributed by atoms with Crippen molar-refractivity contribution in [3.63, 3.8) is 0 Å². The summed E-state index contributed by atoms with van der Waals surface area (Å²) in [6.45, 7) is 0. The second kappa shape index (κ2) is 7.19. The fourth-order valence-corrected chi connectivity index (χ4v) is 4.90. The van der Waals surface area contributed by atoms with E-state index in [9.17, 15) is 15.0 Å². The molecule has 10 nitrogen and oxygen atoms in total. The van der Waals surface area contributed by atoms with E-state index in [-0.39, 0.29) is 17.6 Å². The molecule has 10 heteroatoms. The van der Waals surface area contributed by atoms with Crippen LogP contribution in [0, 0.1) is 23.2 Å². The first-order chi connectivity index (χ1) is 15.4. The molecule has 2 saturated carbocycles. The Kier molecular flexibility index (Phi) is 4.54. The van der Waals surface area contributed by atoms with Crippen LogP contribution in [0.1, 0.15) is 23.9 Å². The molecule has 0 saturated heterocycles. The van der Waals surface area contributed by atoms with Gasteiger partial charge < -0.3 is 31.1 Å². The second-order valence-corrected chi connectivity index (χ2v) is 8.20. The summed E-state index contributed by atoms with van der Waals surface area (Å²) in [7, 11) is 3.25. The first-order valence-corrected chi connectivity index (χ1v) is 10.3. The minimum Gasteiger partial charge on any atom is -0.399 e. The van der Waals surface area contributed by atoms with E-state index in [2.05, 4.69) is 37.4 Å². The van der Waals surface area contributed by atoms with Gasteiger partial charge in [0.2, 0.25) is 11.7 Å². The summed E-state index contributed by atoms with van der Waals surface area (Å²) in [5, 5.41) is 27.1. The van der Waals surface area contributed by atoms with Gasteiger partial charge in [0.05, 0.1) is 23.9 Å². The third-order valence-electron chi connectivity index (χ3n) is 6.51. The predicted molar refractivity (Wildman–Crippen MR) is 117 cm³/mol. The molecular formula is C22H23N7O3. The summed E-state index contributed by atoms with van der Waals surface area (Å²) in [4.78, 5) is 25.9. The zero-order chi connectivity index (χ0) is 22.6. The zero-order valence-electron chi connectivity index (χ0n) is 17.6. The smallest absolute Gasteiger partial charge is 0.229 e. The van der Waals surface area contributed by atoms with Gasteiger partial charge in [-0.15, -0.1) is 0 Å². The molecular weight excluding hydrogens is 410 g/mol. The Morgan fingerprint density at radius 3 is 2.81 bits per heavy atom. The Balaban J connectivity index is 1.58. The minimum absolute atomic E-state index is 0.223. The van der Waals surface area contributed by atoms with Crippen molar-refractivity contribution in [1.29, 1.82) is 0 Å². The van der Waals surface area contributed by atoms with Gasteiger partial charge in [-0.25, -0.2) is 15.0 Å². The molecule has 32 heavy (non-hydrogen) atoms. The number of nitrogens with zero attached hydrogens (tertiary/aromatic N) is 4. The number of aromatic nitrogens is 4. The zero-order valence-corrected chi connectivity index (χ0v) is 17.6.